The van der Waals surface area contributed by atoms with E-state index in [1.165, 1.54) is 45.3 Å². The largest absolute Gasteiger partial charge is 0.326 e. The van der Waals surface area contributed by atoms with E-state index in [9.17, 15) is 0 Å². The lowest BCUT2D eigenvalue weighted by Crippen LogP contribution is -2.34. The molecule has 102 valence electrons. The molecule has 1 aliphatic heterocycles. The summed E-state index contributed by atoms with van der Waals surface area (Å²) in [7, 11) is 2.24. The smallest absolute Gasteiger partial charge is 0.00975 e. The summed E-state index contributed by atoms with van der Waals surface area (Å²) in [5.41, 5.74) is 5.94. The van der Waals surface area contributed by atoms with Gasteiger partial charge in [-0.05, 0) is 78.6 Å². The van der Waals surface area contributed by atoms with Gasteiger partial charge >= 0.3 is 0 Å². The van der Waals surface area contributed by atoms with Crippen molar-refractivity contribution in [3.05, 3.63) is 0 Å². The van der Waals surface area contributed by atoms with Crippen molar-refractivity contribution in [3.8, 4) is 0 Å². The van der Waals surface area contributed by atoms with Crippen molar-refractivity contribution in [2.75, 3.05) is 33.2 Å². The summed E-state index contributed by atoms with van der Waals surface area (Å²) in [5.74, 6) is 0.909. The number of rotatable bonds is 7. The zero-order chi connectivity index (χ0) is 12.7. The maximum Gasteiger partial charge on any atom is 0.00975 e. The highest BCUT2D eigenvalue weighted by Gasteiger charge is 2.16. The Bertz CT molecular complexity index is 198. The van der Waals surface area contributed by atoms with Gasteiger partial charge in [-0.25, -0.2) is 0 Å². The van der Waals surface area contributed by atoms with Crippen LogP contribution in [0.1, 0.15) is 46.0 Å². The minimum absolute atomic E-state index is 0.00619. The molecule has 0 saturated carbocycles. The molecule has 17 heavy (non-hydrogen) atoms. The highest BCUT2D eigenvalue weighted by Crippen LogP contribution is 2.17. The fourth-order valence-electron chi connectivity index (χ4n) is 2.61. The summed E-state index contributed by atoms with van der Waals surface area (Å²) in [4.78, 5) is 2.46. The third-order valence-electron chi connectivity index (χ3n) is 3.63. The van der Waals surface area contributed by atoms with Gasteiger partial charge in [0, 0.05) is 12.1 Å². The number of nitrogens with one attached hydrogen (secondary N) is 1. The average molecular weight is 241 g/mol. The fourth-order valence-corrected chi connectivity index (χ4v) is 2.61. The maximum absolute atomic E-state index is 5.95. The third-order valence-corrected chi connectivity index (χ3v) is 3.63. The Balaban J connectivity index is 1.93. The lowest BCUT2D eigenvalue weighted by Gasteiger charge is -2.29. The first kappa shape index (κ1) is 14.9. The van der Waals surface area contributed by atoms with Crippen LogP contribution in [-0.4, -0.2) is 43.7 Å². The summed E-state index contributed by atoms with van der Waals surface area (Å²) in [5, 5.41) is 3.55. The molecule has 0 aromatic carbocycles. The van der Waals surface area contributed by atoms with E-state index >= 15 is 0 Å². The monoisotopic (exact) mass is 241 g/mol. The van der Waals surface area contributed by atoms with Gasteiger partial charge in [0.15, 0.2) is 0 Å². The second-order valence-corrected chi connectivity index (χ2v) is 6.40. The quantitative estimate of drug-likeness (QED) is 0.668. The van der Waals surface area contributed by atoms with Crippen LogP contribution in [0, 0.1) is 5.92 Å². The molecule has 1 rings (SSSR count). The molecule has 1 unspecified atom stereocenters. The average Bonchev–Trinajstić information content (AvgIpc) is 2.22. The molecular weight excluding hydrogens is 210 g/mol. The zero-order valence-electron chi connectivity index (χ0n) is 12.0. The maximum atomic E-state index is 5.95. The Kier molecular flexibility index (Phi) is 6.45. The van der Waals surface area contributed by atoms with Crippen LogP contribution >= 0.6 is 0 Å². The van der Waals surface area contributed by atoms with Crippen LogP contribution in [0.4, 0.5) is 0 Å². The predicted octanol–water partition coefficient (Wildman–Crippen LogP) is 1.83. The van der Waals surface area contributed by atoms with Crippen LogP contribution in [0.3, 0.4) is 0 Å². The van der Waals surface area contributed by atoms with Crippen molar-refractivity contribution in [3.63, 3.8) is 0 Å². The number of nitrogens with two attached hydrogens (primary N) is 1. The molecular formula is C14H31N3. The van der Waals surface area contributed by atoms with Gasteiger partial charge in [0.1, 0.15) is 0 Å². The highest BCUT2D eigenvalue weighted by molar-refractivity contribution is 4.73. The number of hydrogen-bond acceptors (Lipinski definition) is 3. The van der Waals surface area contributed by atoms with Gasteiger partial charge in [-0.3, -0.25) is 0 Å². The molecule has 3 heteroatoms. The van der Waals surface area contributed by atoms with Crippen LogP contribution in [0.15, 0.2) is 0 Å². The zero-order valence-corrected chi connectivity index (χ0v) is 12.0. The summed E-state index contributed by atoms with van der Waals surface area (Å²) in [6, 6.07) is 0. The second kappa shape index (κ2) is 7.34. The van der Waals surface area contributed by atoms with Crippen LogP contribution in [-0.2, 0) is 0 Å². The van der Waals surface area contributed by atoms with E-state index in [1.54, 1.807) is 0 Å². The van der Waals surface area contributed by atoms with Crippen LogP contribution in [0.25, 0.3) is 0 Å². The molecule has 0 amide bonds. The van der Waals surface area contributed by atoms with E-state index in [1.807, 2.05) is 0 Å². The second-order valence-electron chi connectivity index (χ2n) is 6.40. The number of nitrogens with zero attached hydrogens (tertiary/aromatic N) is 1. The molecule has 1 aliphatic rings. The molecule has 0 aliphatic carbocycles. The van der Waals surface area contributed by atoms with Gasteiger partial charge in [0.05, 0.1) is 0 Å². The van der Waals surface area contributed by atoms with E-state index in [2.05, 4.69) is 31.1 Å². The summed E-state index contributed by atoms with van der Waals surface area (Å²) < 4.78 is 0. The molecule has 3 nitrogen and oxygen atoms in total. The summed E-state index contributed by atoms with van der Waals surface area (Å²) in [6.45, 7) is 9.06. The van der Waals surface area contributed by atoms with Gasteiger partial charge in [-0.15, -0.1) is 0 Å². The number of piperidine rings is 1. The van der Waals surface area contributed by atoms with Crippen molar-refractivity contribution in [1.29, 1.82) is 0 Å². The van der Waals surface area contributed by atoms with E-state index in [0.29, 0.717) is 0 Å². The predicted molar refractivity (Wildman–Crippen MR) is 75.2 cm³/mol. The Morgan fingerprint density at radius 2 is 2.12 bits per heavy atom. The molecule has 1 saturated heterocycles. The molecule has 0 aromatic heterocycles. The van der Waals surface area contributed by atoms with Crippen molar-refractivity contribution < 1.29 is 0 Å². The highest BCUT2D eigenvalue weighted by atomic mass is 15.1. The lowest BCUT2D eigenvalue weighted by atomic mass is 9.95. The van der Waals surface area contributed by atoms with E-state index in [-0.39, 0.29) is 5.54 Å². The topological polar surface area (TPSA) is 41.3 Å². The Morgan fingerprint density at radius 3 is 2.76 bits per heavy atom. The normalized spacial score (nSPS) is 22.9. The lowest BCUT2D eigenvalue weighted by molar-refractivity contribution is 0.201. The Labute approximate surface area is 107 Å². The molecule has 3 N–H and O–H groups in total. The first-order valence-electron chi connectivity index (χ1n) is 7.15. The molecule has 0 aromatic rings. The molecule has 1 heterocycles. The SMILES string of the molecule is CN1CCCC(CCNCCCC(C)(C)N)C1. The fraction of sp³-hybridized carbons (Fsp3) is 1.00. The van der Waals surface area contributed by atoms with Crippen LogP contribution < -0.4 is 11.1 Å². The minimum Gasteiger partial charge on any atom is -0.326 e. The van der Waals surface area contributed by atoms with Crippen molar-refractivity contribution in [2.24, 2.45) is 11.7 Å². The van der Waals surface area contributed by atoms with E-state index in [4.69, 9.17) is 5.73 Å². The Morgan fingerprint density at radius 1 is 1.35 bits per heavy atom. The molecule has 0 bridgehead atoms. The Hall–Kier alpha value is -0.120. The van der Waals surface area contributed by atoms with E-state index in [0.717, 1.165) is 18.9 Å². The van der Waals surface area contributed by atoms with Crippen molar-refractivity contribution in [1.82, 2.24) is 10.2 Å². The number of likely N-dealkylation sites (tertiary alicyclic amines) is 1. The van der Waals surface area contributed by atoms with E-state index < -0.39 is 0 Å². The first-order chi connectivity index (χ1) is 7.97. The van der Waals surface area contributed by atoms with Gasteiger partial charge in [-0.1, -0.05) is 0 Å². The molecule has 1 atom stereocenters. The molecule has 0 radical (unpaired) electrons. The number of hydrogen-bond donors (Lipinski definition) is 2. The molecule has 0 spiro atoms. The van der Waals surface area contributed by atoms with Gasteiger partial charge in [-0.2, -0.15) is 0 Å². The first-order valence-corrected chi connectivity index (χ1v) is 7.15. The summed E-state index contributed by atoms with van der Waals surface area (Å²) >= 11 is 0. The van der Waals surface area contributed by atoms with Crippen molar-refractivity contribution >= 4 is 0 Å². The van der Waals surface area contributed by atoms with Crippen LogP contribution in [0.5, 0.6) is 0 Å². The minimum atomic E-state index is -0.00619. The van der Waals surface area contributed by atoms with Crippen molar-refractivity contribution in [2.45, 2.75) is 51.5 Å². The summed E-state index contributed by atoms with van der Waals surface area (Å²) in [6.07, 6.45) is 6.42. The van der Waals surface area contributed by atoms with Gasteiger partial charge in [0.25, 0.3) is 0 Å². The van der Waals surface area contributed by atoms with Crippen LogP contribution in [0.2, 0.25) is 0 Å². The third kappa shape index (κ3) is 7.74. The van der Waals surface area contributed by atoms with Gasteiger partial charge in [0.2, 0.25) is 0 Å². The standard InChI is InChI=1S/C14H31N3/c1-14(2,15)8-5-9-16-10-7-13-6-4-11-17(3)12-13/h13,16H,4-12,15H2,1-3H3. The molecule has 1 fully saturated rings. The van der Waals surface area contributed by atoms with Gasteiger partial charge < -0.3 is 16.0 Å².